The minimum absolute atomic E-state index is 0.131. The average molecular weight is 299 g/mol. The lowest BCUT2D eigenvalue weighted by Crippen LogP contribution is -2.34. The van der Waals surface area contributed by atoms with Gasteiger partial charge in [0.2, 0.25) is 0 Å². The predicted octanol–water partition coefficient (Wildman–Crippen LogP) is 5.32. The first-order valence-corrected chi connectivity index (χ1v) is 7.62. The molecule has 0 N–H and O–H groups in total. The number of halogens is 2. The Kier molecular flexibility index (Phi) is 4.58. The first-order chi connectivity index (χ1) is 8.90. The fraction of sp³-hybridized carbons (Fsp3) is 0.562. The number of benzene rings is 1. The molecule has 2 rings (SSSR count). The summed E-state index contributed by atoms with van der Waals surface area (Å²) in [6.07, 6.45) is 5.04. The molecule has 1 atom stereocenters. The summed E-state index contributed by atoms with van der Waals surface area (Å²) in [6.45, 7) is 4.42. The third-order valence-corrected chi connectivity index (χ3v) is 5.00. The number of hydrogen-bond donors (Lipinski definition) is 0. The Hall–Kier alpha value is -0.530. The minimum Gasteiger partial charge on any atom is -0.299 e. The molecule has 0 spiro atoms. The van der Waals surface area contributed by atoms with Crippen molar-refractivity contribution in [2.45, 2.75) is 46.0 Å². The van der Waals surface area contributed by atoms with Crippen LogP contribution in [0.3, 0.4) is 0 Å². The van der Waals surface area contributed by atoms with Crippen LogP contribution in [0.25, 0.3) is 0 Å². The lowest BCUT2D eigenvalue weighted by molar-refractivity contribution is -0.127. The van der Waals surface area contributed by atoms with Crippen LogP contribution in [0.1, 0.15) is 45.1 Å². The summed E-state index contributed by atoms with van der Waals surface area (Å²) < 4.78 is 0. The van der Waals surface area contributed by atoms with Crippen LogP contribution in [0.15, 0.2) is 18.2 Å². The van der Waals surface area contributed by atoms with E-state index in [-0.39, 0.29) is 11.3 Å². The van der Waals surface area contributed by atoms with Gasteiger partial charge in [0, 0.05) is 12.3 Å². The molecule has 1 saturated carbocycles. The average Bonchev–Trinajstić information content (AvgIpc) is 2.33. The monoisotopic (exact) mass is 298 g/mol. The topological polar surface area (TPSA) is 17.1 Å². The zero-order chi connectivity index (χ0) is 14.0. The first-order valence-electron chi connectivity index (χ1n) is 6.87. The fourth-order valence-corrected chi connectivity index (χ4v) is 3.39. The summed E-state index contributed by atoms with van der Waals surface area (Å²) in [5.74, 6) is 0.513. The molecule has 0 aromatic heterocycles. The van der Waals surface area contributed by atoms with Gasteiger partial charge in [-0.25, -0.2) is 0 Å². The molecule has 1 aliphatic carbocycles. The van der Waals surface area contributed by atoms with Gasteiger partial charge in [0.05, 0.1) is 10.0 Å². The van der Waals surface area contributed by atoms with Gasteiger partial charge in [-0.05, 0) is 36.0 Å². The highest BCUT2D eigenvalue weighted by Crippen LogP contribution is 2.41. The SMILES string of the molecule is CC1(C)CCCCC1C(=O)Cc1ccc(Cl)c(Cl)c1. The van der Waals surface area contributed by atoms with E-state index >= 15 is 0 Å². The molecule has 0 heterocycles. The summed E-state index contributed by atoms with van der Waals surface area (Å²) in [7, 11) is 0. The maximum Gasteiger partial charge on any atom is 0.140 e. The second-order valence-electron chi connectivity index (χ2n) is 6.18. The van der Waals surface area contributed by atoms with Crippen molar-refractivity contribution in [3.63, 3.8) is 0 Å². The molecule has 0 radical (unpaired) electrons. The smallest absolute Gasteiger partial charge is 0.140 e. The summed E-state index contributed by atoms with van der Waals surface area (Å²) in [5.41, 5.74) is 1.09. The van der Waals surface area contributed by atoms with Crippen molar-refractivity contribution < 1.29 is 4.79 Å². The van der Waals surface area contributed by atoms with Gasteiger partial charge in [-0.15, -0.1) is 0 Å². The second kappa shape index (κ2) is 5.85. The van der Waals surface area contributed by atoms with Crippen LogP contribution < -0.4 is 0 Å². The van der Waals surface area contributed by atoms with E-state index in [9.17, 15) is 4.79 Å². The zero-order valence-corrected chi connectivity index (χ0v) is 13.0. The standard InChI is InChI=1S/C16H20Cl2O/c1-16(2)8-4-3-5-12(16)15(19)10-11-6-7-13(17)14(18)9-11/h6-7,9,12H,3-5,8,10H2,1-2H3. The Bertz CT molecular complexity index is 480. The molecule has 19 heavy (non-hydrogen) atoms. The van der Waals surface area contributed by atoms with Crippen LogP contribution in [0.2, 0.25) is 10.0 Å². The summed E-state index contributed by atoms with van der Waals surface area (Å²) in [5, 5.41) is 1.06. The quantitative estimate of drug-likeness (QED) is 0.738. The van der Waals surface area contributed by atoms with Gasteiger partial charge in [-0.2, -0.15) is 0 Å². The van der Waals surface area contributed by atoms with Crippen LogP contribution in [0.5, 0.6) is 0 Å². The van der Waals surface area contributed by atoms with Gasteiger partial charge >= 0.3 is 0 Å². The Morgan fingerprint density at radius 2 is 2.00 bits per heavy atom. The predicted molar refractivity (Wildman–Crippen MR) is 80.9 cm³/mol. The molecule has 1 aromatic rings. The fourth-order valence-electron chi connectivity index (χ4n) is 3.06. The van der Waals surface area contributed by atoms with Gasteiger partial charge < -0.3 is 0 Å². The highest BCUT2D eigenvalue weighted by Gasteiger charge is 2.36. The number of ketones is 1. The van der Waals surface area contributed by atoms with Crippen LogP contribution in [0.4, 0.5) is 0 Å². The highest BCUT2D eigenvalue weighted by atomic mass is 35.5. The third kappa shape index (κ3) is 3.52. The molecule has 1 nitrogen and oxygen atoms in total. The van der Waals surface area contributed by atoms with E-state index in [1.54, 1.807) is 12.1 Å². The van der Waals surface area contributed by atoms with Gasteiger partial charge in [0.15, 0.2) is 0 Å². The normalized spacial score (nSPS) is 22.2. The third-order valence-electron chi connectivity index (χ3n) is 4.26. The highest BCUT2D eigenvalue weighted by molar-refractivity contribution is 6.42. The molecule has 104 valence electrons. The zero-order valence-electron chi connectivity index (χ0n) is 11.5. The Morgan fingerprint density at radius 1 is 1.26 bits per heavy atom. The van der Waals surface area contributed by atoms with Crippen molar-refractivity contribution in [1.82, 2.24) is 0 Å². The van der Waals surface area contributed by atoms with E-state index in [0.29, 0.717) is 22.2 Å². The van der Waals surface area contributed by atoms with Crippen LogP contribution in [0, 0.1) is 11.3 Å². The largest absolute Gasteiger partial charge is 0.299 e. The van der Waals surface area contributed by atoms with E-state index in [0.717, 1.165) is 18.4 Å². The summed E-state index contributed by atoms with van der Waals surface area (Å²) >= 11 is 11.9. The maximum absolute atomic E-state index is 12.5. The molecular formula is C16H20Cl2O. The van der Waals surface area contributed by atoms with Gasteiger partial charge in [-0.1, -0.05) is 56.0 Å². The number of rotatable bonds is 3. The number of hydrogen-bond acceptors (Lipinski definition) is 1. The molecule has 0 saturated heterocycles. The Morgan fingerprint density at radius 3 is 2.63 bits per heavy atom. The van der Waals surface area contributed by atoms with Crippen LogP contribution in [-0.2, 0) is 11.2 Å². The van der Waals surface area contributed by atoms with Gasteiger partial charge in [0.1, 0.15) is 5.78 Å². The molecule has 1 fully saturated rings. The number of Topliss-reactive ketones (excluding diaryl/α,β-unsaturated/α-hetero) is 1. The molecule has 0 amide bonds. The van der Waals surface area contributed by atoms with E-state index in [1.165, 1.54) is 12.8 Å². The molecule has 0 bridgehead atoms. The van der Waals surface area contributed by atoms with Crippen LogP contribution >= 0.6 is 23.2 Å². The van der Waals surface area contributed by atoms with Gasteiger partial charge in [0.25, 0.3) is 0 Å². The van der Waals surface area contributed by atoms with Crippen molar-refractivity contribution in [2.75, 3.05) is 0 Å². The molecule has 1 unspecified atom stereocenters. The van der Waals surface area contributed by atoms with E-state index < -0.39 is 0 Å². The lowest BCUT2D eigenvalue weighted by Gasteiger charge is -2.37. The lowest BCUT2D eigenvalue weighted by atomic mass is 9.66. The Balaban J connectivity index is 2.09. The van der Waals surface area contributed by atoms with Gasteiger partial charge in [-0.3, -0.25) is 4.79 Å². The first kappa shape index (κ1) is 14.9. The molecule has 1 aliphatic rings. The molecule has 0 aliphatic heterocycles. The second-order valence-corrected chi connectivity index (χ2v) is 6.99. The van der Waals surface area contributed by atoms with E-state index in [2.05, 4.69) is 13.8 Å². The summed E-state index contributed by atoms with van der Waals surface area (Å²) in [6, 6.07) is 5.46. The Labute approximate surface area is 125 Å². The molecule has 1 aromatic carbocycles. The van der Waals surface area contributed by atoms with Crippen molar-refractivity contribution in [3.05, 3.63) is 33.8 Å². The van der Waals surface area contributed by atoms with Crippen LogP contribution in [-0.4, -0.2) is 5.78 Å². The van der Waals surface area contributed by atoms with Crippen molar-refractivity contribution >= 4 is 29.0 Å². The minimum atomic E-state index is 0.131. The molecule has 3 heteroatoms. The van der Waals surface area contributed by atoms with Crippen molar-refractivity contribution in [3.8, 4) is 0 Å². The molecular weight excluding hydrogens is 279 g/mol. The number of carbonyl (C=O) groups is 1. The van der Waals surface area contributed by atoms with Crippen molar-refractivity contribution in [2.24, 2.45) is 11.3 Å². The summed E-state index contributed by atoms with van der Waals surface area (Å²) in [4.78, 5) is 12.5. The van der Waals surface area contributed by atoms with Crippen molar-refractivity contribution in [1.29, 1.82) is 0 Å². The maximum atomic E-state index is 12.5. The number of carbonyl (C=O) groups excluding carboxylic acids is 1. The van der Waals surface area contributed by atoms with E-state index in [1.807, 2.05) is 6.07 Å². The van der Waals surface area contributed by atoms with E-state index in [4.69, 9.17) is 23.2 Å².